The first kappa shape index (κ1) is 20.2. The second kappa shape index (κ2) is 10.1. The topological polar surface area (TPSA) is 72.8 Å². The van der Waals surface area contributed by atoms with Gasteiger partial charge in [-0.2, -0.15) is 0 Å². The fourth-order valence-corrected chi connectivity index (χ4v) is 2.20. The summed E-state index contributed by atoms with van der Waals surface area (Å²) in [7, 11) is 0. The van der Waals surface area contributed by atoms with Crippen molar-refractivity contribution in [3.8, 4) is 0 Å². The first-order chi connectivity index (χ1) is 11.4. The quantitative estimate of drug-likeness (QED) is 0.702. The Balaban J connectivity index is 2.62. The van der Waals surface area contributed by atoms with Crippen LogP contribution in [0.2, 0.25) is 0 Å². The van der Waals surface area contributed by atoms with Gasteiger partial charge in [-0.1, -0.05) is 57.5 Å². The summed E-state index contributed by atoms with van der Waals surface area (Å²) in [6, 6.07) is 9.31. The summed E-state index contributed by atoms with van der Waals surface area (Å²) in [5.74, 6) is -2.04. The lowest BCUT2D eigenvalue weighted by Gasteiger charge is -2.23. The van der Waals surface area contributed by atoms with E-state index in [9.17, 15) is 14.7 Å². The molecule has 0 aliphatic carbocycles. The summed E-state index contributed by atoms with van der Waals surface area (Å²) in [6.07, 6.45) is -0.458. The van der Waals surface area contributed by atoms with Crippen molar-refractivity contribution in [3.05, 3.63) is 35.9 Å². The van der Waals surface area contributed by atoms with Crippen LogP contribution in [0.4, 0.5) is 0 Å². The molecule has 5 heteroatoms. The number of carbonyl (C=O) groups excluding carboxylic acids is 2. The number of benzene rings is 1. The van der Waals surface area contributed by atoms with Crippen LogP contribution in [0.3, 0.4) is 0 Å². The fourth-order valence-electron chi connectivity index (χ4n) is 2.20. The van der Waals surface area contributed by atoms with Crippen LogP contribution in [0, 0.1) is 11.8 Å². The van der Waals surface area contributed by atoms with E-state index >= 15 is 0 Å². The second-order valence-electron chi connectivity index (χ2n) is 6.34. The number of hydrogen-bond acceptors (Lipinski definition) is 5. The Bertz CT molecular complexity index is 512. The molecule has 24 heavy (non-hydrogen) atoms. The van der Waals surface area contributed by atoms with Gasteiger partial charge in [0.05, 0.1) is 12.0 Å². The van der Waals surface area contributed by atoms with Crippen molar-refractivity contribution in [2.75, 3.05) is 0 Å². The normalized spacial score (nSPS) is 14.8. The van der Waals surface area contributed by atoms with Gasteiger partial charge in [-0.3, -0.25) is 4.79 Å². The molecule has 0 saturated heterocycles. The molecule has 0 amide bonds. The Kier molecular flexibility index (Phi) is 8.47. The molecule has 0 aliphatic heterocycles. The van der Waals surface area contributed by atoms with Crippen molar-refractivity contribution in [1.29, 1.82) is 0 Å². The van der Waals surface area contributed by atoms with Crippen LogP contribution >= 0.6 is 0 Å². The van der Waals surface area contributed by atoms with Gasteiger partial charge in [0.25, 0.3) is 0 Å². The third-order valence-electron chi connectivity index (χ3n) is 3.84. The molecule has 0 heterocycles. The summed E-state index contributed by atoms with van der Waals surface area (Å²) < 4.78 is 10.6. The molecule has 134 valence electrons. The van der Waals surface area contributed by atoms with Crippen molar-refractivity contribution < 1.29 is 24.2 Å². The lowest BCUT2D eigenvalue weighted by molar-refractivity contribution is -0.176. The molecule has 0 unspecified atom stereocenters. The smallest absolute Gasteiger partial charge is 0.348 e. The molecular weight excluding hydrogens is 308 g/mol. The lowest BCUT2D eigenvalue weighted by atomic mass is 10.0. The van der Waals surface area contributed by atoms with Gasteiger partial charge in [-0.05, 0) is 18.9 Å². The van der Waals surface area contributed by atoms with Gasteiger partial charge in [-0.15, -0.1) is 0 Å². The van der Waals surface area contributed by atoms with Crippen LogP contribution in [0.5, 0.6) is 0 Å². The predicted octanol–water partition coefficient (Wildman–Crippen LogP) is 3.09. The molecule has 1 aromatic rings. The summed E-state index contributed by atoms with van der Waals surface area (Å²) in [5, 5.41) is 9.91. The average Bonchev–Trinajstić information content (AvgIpc) is 2.57. The van der Waals surface area contributed by atoms with E-state index in [0.29, 0.717) is 6.42 Å². The number of esters is 2. The predicted molar refractivity (Wildman–Crippen MR) is 91.0 cm³/mol. The highest BCUT2D eigenvalue weighted by molar-refractivity contribution is 5.80. The number of hydrogen-bond donors (Lipinski definition) is 1. The summed E-state index contributed by atoms with van der Waals surface area (Å²) >= 11 is 0. The van der Waals surface area contributed by atoms with Gasteiger partial charge in [0.1, 0.15) is 6.61 Å². The van der Waals surface area contributed by atoms with E-state index in [0.717, 1.165) is 12.0 Å². The zero-order chi connectivity index (χ0) is 18.1. The van der Waals surface area contributed by atoms with Crippen molar-refractivity contribution in [2.24, 2.45) is 11.8 Å². The van der Waals surface area contributed by atoms with E-state index in [1.54, 1.807) is 20.8 Å². The molecule has 3 atom stereocenters. The Labute approximate surface area is 144 Å². The number of aliphatic hydroxyl groups excluding tert-OH is 1. The summed E-state index contributed by atoms with van der Waals surface area (Å²) in [5.41, 5.74) is 0.867. The van der Waals surface area contributed by atoms with Gasteiger partial charge in [0.15, 0.2) is 0 Å². The molecule has 0 radical (unpaired) electrons. The van der Waals surface area contributed by atoms with Crippen molar-refractivity contribution in [1.82, 2.24) is 0 Å². The Hall–Kier alpha value is -1.88. The van der Waals surface area contributed by atoms with Crippen molar-refractivity contribution in [2.45, 2.75) is 59.4 Å². The minimum absolute atomic E-state index is 0.133. The van der Waals surface area contributed by atoms with Crippen LogP contribution in [-0.4, -0.2) is 29.3 Å². The molecule has 0 aromatic heterocycles. The SMILES string of the molecule is CCC[C@@H](O)[C@H](C)C(=O)O[C@H](C(=O)OCc1ccccc1)C(C)C. The second-order valence-corrected chi connectivity index (χ2v) is 6.34. The molecule has 0 spiro atoms. The minimum Gasteiger partial charge on any atom is -0.458 e. The maximum atomic E-state index is 12.2. The number of carbonyl (C=O) groups is 2. The molecule has 0 saturated carbocycles. The highest BCUT2D eigenvalue weighted by Gasteiger charge is 2.32. The molecule has 0 aliphatic rings. The maximum absolute atomic E-state index is 12.2. The molecule has 1 N–H and O–H groups in total. The highest BCUT2D eigenvalue weighted by atomic mass is 16.6. The zero-order valence-electron chi connectivity index (χ0n) is 14.9. The molecule has 0 fully saturated rings. The Morgan fingerprint density at radius 3 is 2.25 bits per heavy atom. The molecule has 0 bridgehead atoms. The van der Waals surface area contributed by atoms with E-state index < -0.39 is 30.1 Å². The summed E-state index contributed by atoms with van der Waals surface area (Å²) in [6.45, 7) is 7.24. The molecular formula is C19H28O5. The van der Waals surface area contributed by atoms with Crippen molar-refractivity contribution >= 4 is 11.9 Å². The molecule has 5 nitrogen and oxygen atoms in total. The third kappa shape index (κ3) is 6.32. The van der Waals surface area contributed by atoms with Crippen LogP contribution in [0.15, 0.2) is 30.3 Å². The highest BCUT2D eigenvalue weighted by Crippen LogP contribution is 2.16. The first-order valence-corrected chi connectivity index (χ1v) is 8.45. The Morgan fingerprint density at radius 1 is 1.08 bits per heavy atom. The first-order valence-electron chi connectivity index (χ1n) is 8.45. The van der Waals surface area contributed by atoms with E-state index in [4.69, 9.17) is 9.47 Å². The Morgan fingerprint density at radius 2 is 1.71 bits per heavy atom. The number of rotatable bonds is 9. The van der Waals surface area contributed by atoms with Crippen LogP contribution in [-0.2, 0) is 25.7 Å². The summed E-state index contributed by atoms with van der Waals surface area (Å²) in [4.78, 5) is 24.4. The number of aliphatic hydroxyl groups is 1. The average molecular weight is 336 g/mol. The van der Waals surface area contributed by atoms with Gasteiger partial charge in [-0.25, -0.2) is 4.79 Å². The number of ether oxygens (including phenoxy) is 2. The van der Waals surface area contributed by atoms with Crippen LogP contribution < -0.4 is 0 Å². The van der Waals surface area contributed by atoms with Gasteiger partial charge in [0.2, 0.25) is 6.10 Å². The van der Waals surface area contributed by atoms with Gasteiger partial charge < -0.3 is 14.6 Å². The van der Waals surface area contributed by atoms with Crippen molar-refractivity contribution in [3.63, 3.8) is 0 Å². The van der Waals surface area contributed by atoms with Gasteiger partial charge >= 0.3 is 11.9 Å². The minimum atomic E-state index is -0.975. The van der Waals surface area contributed by atoms with E-state index in [2.05, 4.69) is 0 Å². The zero-order valence-corrected chi connectivity index (χ0v) is 14.9. The van der Waals surface area contributed by atoms with E-state index in [-0.39, 0.29) is 12.5 Å². The molecule has 1 aromatic carbocycles. The third-order valence-corrected chi connectivity index (χ3v) is 3.84. The monoisotopic (exact) mass is 336 g/mol. The fraction of sp³-hybridized carbons (Fsp3) is 0.579. The standard InChI is InChI=1S/C19H28O5/c1-5-9-16(20)14(4)18(21)24-17(13(2)3)19(22)23-12-15-10-7-6-8-11-15/h6-8,10-11,13-14,16-17,20H,5,9,12H2,1-4H3/t14-,16+,17-/m0/s1. The van der Waals surface area contributed by atoms with E-state index in [1.807, 2.05) is 37.3 Å². The molecule has 1 rings (SSSR count). The lowest BCUT2D eigenvalue weighted by Crippen LogP contribution is -2.37. The van der Waals surface area contributed by atoms with Gasteiger partial charge in [0, 0.05) is 5.92 Å². The van der Waals surface area contributed by atoms with Crippen LogP contribution in [0.1, 0.15) is 46.1 Å². The largest absolute Gasteiger partial charge is 0.458 e. The van der Waals surface area contributed by atoms with E-state index in [1.165, 1.54) is 0 Å². The van der Waals surface area contributed by atoms with Crippen LogP contribution in [0.25, 0.3) is 0 Å². The maximum Gasteiger partial charge on any atom is 0.348 e.